The fourth-order valence-electron chi connectivity index (χ4n) is 2.28. The number of hydrogen-bond acceptors (Lipinski definition) is 3. The Hall–Kier alpha value is -0.380. The SMILES string of the molecule is C[C@@H](c1cccs1)N1CCC(CN)CC1. The summed E-state index contributed by atoms with van der Waals surface area (Å²) in [5, 5.41) is 2.17. The lowest BCUT2D eigenvalue weighted by atomic mass is 9.96. The highest BCUT2D eigenvalue weighted by molar-refractivity contribution is 7.10. The van der Waals surface area contributed by atoms with Crippen LogP contribution in [0.1, 0.15) is 30.7 Å². The Bertz CT molecular complexity index is 276. The zero-order valence-corrected chi connectivity index (χ0v) is 10.2. The van der Waals surface area contributed by atoms with Crippen LogP contribution in [0.25, 0.3) is 0 Å². The Morgan fingerprint density at radius 2 is 2.27 bits per heavy atom. The molecule has 15 heavy (non-hydrogen) atoms. The number of piperidine rings is 1. The molecule has 0 saturated carbocycles. The average Bonchev–Trinajstić information content (AvgIpc) is 2.82. The zero-order chi connectivity index (χ0) is 10.7. The predicted octanol–water partition coefficient (Wildman–Crippen LogP) is 2.48. The summed E-state index contributed by atoms with van der Waals surface area (Å²) < 4.78 is 0. The third-order valence-corrected chi connectivity index (χ3v) is 4.53. The molecule has 0 bridgehead atoms. The fraction of sp³-hybridized carbons (Fsp3) is 0.667. The largest absolute Gasteiger partial charge is 0.330 e. The van der Waals surface area contributed by atoms with Crippen LogP contribution in [0.3, 0.4) is 0 Å². The van der Waals surface area contributed by atoms with Crippen molar-refractivity contribution in [1.29, 1.82) is 0 Å². The maximum atomic E-state index is 5.70. The van der Waals surface area contributed by atoms with Gasteiger partial charge in [-0.1, -0.05) is 6.07 Å². The molecule has 1 aromatic rings. The van der Waals surface area contributed by atoms with Crippen molar-refractivity contribution in [3.8, 4) is 0 Å². The van der Waals surface area contributed by atoms with E-state index in [2.05, 4.69) is 29.3 Å². The smallest absolute Gasteiger partial charge is 0.0413 e. The van der Waals surface area contributed by atoms with Gasteiger partial charge in [-0.05, 0) is 56.8 Å². The van der Waals surface area contributed by atoms with Crippen LogP contribution in [0.2, 0.25) is 0 Å². The minimum absolute atomic E-state index is 0.587. The van der Waals surface area contributed by atoms with Gasteiger partial charge in [0, 0.05) is 10.9 Å². The summed E-state index contributed by atoms with van der Waals surface area (Å²) >= 11 is 1.86. The van der Waals surface area contributed by atoms with Crippen LogP contribution in [0.15, 0.2) is 17.5 Å². The number of likely N-dealkylation sites (tertiary alicyclic amines) is 1. The number of nitrogens with zero attached hydrogens (tertiary/aromatic N) is 1. The summed E-state index contributed by atoms with van der Waals surface area (Å²) in [6.45, 7) is 5.59. The minimum Gasteiger partial charge on any atom is -0.330 e. The summed E-state index contributed by atoms with van der Waals surface area (Å²) in [7, 11) is 0. The number of thiophene rings is 1. The van der Waals surface area contributed by atoms with Crippen molar-refractivity contribution < 1.29 is 0 Å². The molecule has 1 fully saturated rings. The molecule has 0 unspecified atom stereocenters. The molecule has 0 amide bonds. The fourth-order valence-corrected chi connectivity index (χ4v) is 3.10. The second kappa shape index (κ2) is 5.10. The molecule has 2 N–H and O–H groups in total. The maximum absolute atomic E-state index is 5.70. The van der Waals surface area contributed by atoms with Crippen molar-refractivity contribution in [3.05, 3.63) is 22.4 Å². The van der Waals surface area contributed by atoms with Gasteiger partial charge in [-0.2, -0.15) is 0 Å². The van der Waals surface area contributed by atoms with Gasteiger partial charge < -0.3 is 5.73 Å². The van der Waals surface area contributed by atoms with E-state index in [0.29, 0.717) is 6.04 Å². The van der Waals surface area contributed by atoms with Crippen molar-refractivity contribution in [2.24, 2.45) is 11.7 Å². The quantitative estimate of drug-likeness (QED) is 0.854. The van der Waals surface area contributed by atoms with Gasteiger partial charge in [0.1, 0.15) is 0 Å². The van der Waals surface area contributed by atoms with Gasteiger partial charge >= 0.3 is 0 Å². The Kier molecular flexibility index (Phi) is 3.78. The maximum Gasteiger partial charge on any atom is 0.0413 e. The standard InChI is InChI=1S/C12H20N2S/c1-10(12-3-2-8-15-12)14-6-4-11(9-13)5-7-14/h2-3,8,10-11H,4-7,9,13H2,1H3/t10-/m0/s1. The van der Waals surface area contributed by atoms with Gasteiger partial charge in [0.05, 0.1) is 0 Å². The summed E-state index contributed by atoms with van der Waals surface area (Å²) in [5.41, 5.74) is 5.70. The lowest BCUT2D eigenvalue weighted by Gasteiger charge is -2.35. The first-order chi connectivity index (χ1) is 7.31. The number of rotatable bonds is 3. The highest BCUT2D eigenvalue weighted by Gasteiger charge is 2.22. The Labute approximate surface area is 96.1 Å². The van der Waals surface area contributed by atoms with E-state index in [-0.39, 0.29) is 0 Å². The normalized spacial score (nSPS) is 21.7. The molecule has 0 spiro atoms. The van der Waals surface area contributed by atoms with Crippen molar-refractivity contribution in [2.75, 3.05) is 19.6 Å². The van der Waals surface area contributed by atoms with Crippen LogP contribution in [0.5, 0.6) is 0 Å². The molecule has 1 aliphatic heterocycles. The van der Waals surface area contributed by atoms with Crippen LogP contribution in [-0.2, 0) is 0 Å². The molecule has 2 nitrogen and oxygen atoms in total. The lowest BCUT2D eigenvalue weighted by Crippen LogP contribution is -2.37. The van der Waals surface area contributed by atoms with Gasteiger partial charge in [0.15, 0.2) is 0 Å². The Morgan fingerprint density at radius 3 is 2.80 bits per heavy atom. The summed E-state index contributed by atoms with van der Waals surface area (Å²) in [6.07, 6.45) is 2.54. The topological polar surface area (TPSA) is 29.3 Å². The summed E-state index contributed by atoms with van der Waals surface area (Å²) in [4.78, 5) is 4.07. The Balaban J connectivity index is 1.90. The van der Waals surface area contributed by atoms with Crippen LogP contribution < -0.4 is 5.73 Å². The lowest BCUT2D eigenvalue weighted by molar-refractivity contribution is 0.145. The van der Waals surface area contributed by atoms with E-state index in [9.17, 15) is 0 Å². The Morgan fingerprint density at radius 1 is 1.53 bits per heavy atom. The van der Waals surface area contributed by atoms with Gasteiger partial charge in [-0.3, -0.25) is 4.90 Å². The average molecular weight is 224 g/mol. The number of hydrogen-bond donors (Lipinski definition) is 1. The molecule has 2 heterocycles. The van der Waals surface area contributed by atoms with Gasteiger partial charge in [0.25, 0.3) is 0 Å². The summed E-state index contributed by atoms with van der Waals surface area (Å²) in [6, 6.07) is 4.97. The molecule has 84 valence electrons. The van der Waals surface area contributed by atoms with Crippen molar-refractivity contribution >= 4 is 11.3 Å². The molecule has 0 aromatic carbocycles. The van der Waals surface area contributed by atoms with Gasteiger partial charge in [-0.15, -0.1) is 11.3 Å². The van der Waals surface area contributed by atoms with Crippen LogP contribution in [0.4, 0.5) is 0 Å². The highest BCUT2D eigenvalue weighted by Crippen LogP contribution is 2.28. The molecule has 2 rings (SSSR count). The third kappa shape index (κ3) is 2.60. The molecule has 1 aliphatic rings. The van der Waals surface area contributed by atoms with E-state index in [4.69, 9.17) is 5.73 Å². The highest BCUT2D eigenvalue weighted by atomic mass is 32.1. The van der Waals surface area contributed by atoms with Crippen molar-refractivity contribution in [3.63, 3.8) is 0 Å². The molecule has 1 aromatic heterocycles. The minimum atomic E-state index is 0.587. The van der Waals surface area contributed by atoms with Crippen LogP contribution in [-0.4, -0.2) is 24.5 Å². The van der Waals surface area contributed by atoms with E-state index in [1.54, 1.807) is 0 Å². The van der Waals surface area contributed by atoms with E-state index in [1.807, 2.05) is 11.3 Å². The third-order valence-electron chi connectivity index (χ3n) is 3.49. The van der Waals surface area contributed by atoms with Gasteiger partial charge in [-0.25, -0.2) is 0 Å². The van der Waals surface area contributed by atoms with Crippen LogP contribution in [0, 0.1) is 5.92 Å². The molecular formula is C12H20N2S. The molecular weight excluding hydrogens is 204 g/mol. The van der Waals surface area contributed by atoms with Crippen molar-refractivity contribution in [1.82, 2.24) is 4.90 Å². The second-order valence-electron chi connectivity index (χ2n) is 4.41. The first-order valence-electron chi connectivity index (χ1n) is 5.78. The summed E-state index contributed by atoms with van der Waals surface area (Å²) in [5.74, 6) is 0.761. The molecule has 3 heteroatoms. The van der Waals surface area contributed by atoms with Crippen LogP contribution >= 0.6 is 11.3 Å². The molecule has 0 radical (unpaired) electrons. The molecule has 0 aliphatic carbocycles. The molecule has 1 atom stereocenters. The van der Waals surface area contributed by atoms with E-state index in [0.717, 1.165) is 12.5 Å². The number of nitrogens with two attached hydrogens (primary N) is 1. The predicted molar refractivity (Wildman–Crippen MR) is 66.1 cm³/mol. The van der Waals surface area contributed by atoms with Crippen molar-refractivity contribution in [2.45, 2.75) is 25.8 Å². The van der Waals surface area contributed by atoms with E-state index < -0.39 is 0 Å². The first-order valence-corrected chi connectivity index (χ1v) is 6.66. The zero-order valence-electron chi connectivity index (χ0n) is 9.36. The van der Waals surface area contributed by atoms with E-state index >= 15 is 0 Å². The molecule has 1 saturated heterocycles. The first kappa shape index (κ1) is 11.1. The monoisotopic (exact) mass is 224 g/mol. The second-order valence-corrected chi connectivity index (χ2v) is 5.39. The van der Waals surface area contributed by atoms with E-state index in [1.165, 1.54) is 30.8 Å². The van der Waals surface area contributed by atoms with Gasteiger partial charge in [0.2, 0.25) is 0 Å².